The number of hydrogen-bond acceptors (Lipinski definition) is 5. The molecule has 2 fully saturated rings. The van der Waals surface area contributed by atoms with E-state index < -0.39 is 0 Å². The minimum absolute atomic E-state index is 0.0265. The lowest BCUT2D eigenvalue weighted by Gasteiger charge is -2.36. The van der Waals surface area contributed by atoms with Gasteiger partial charge in [-0.25, -0.2) is 0 Å². The molecule has 172 valence electrons. The fourth-order valence-corrected chi connectivity index (χ4v) is 4.49. The summed E-state index contributed by atoms with van der Waals surface area (Å²) in [6, 6.07) is 19.3. The zero-order valence-corrected chi connectivity index (χ0v) is 18.8. The van der Waals surface area contributed by atoms with Gasteiger partial charge in [-0.15, -0.1) is 0 Å². The highest BCUT2D eigenvalue weighted by atomic mass is 16.5. The van der Waals surface area contributed by atoms with Crippen LogP contribution in [0.2, 0.25) is 0 Å². The molecule has 1 N–H and O–H groups in total. The zero-order chi connectivity index (χ0) is 23.0. The summed E-state index contributed by atoms with van der Waals surface area (Å²) in [5.41, 5.74) is 1.78. The molecule has 0 atom stereocenters. The number of anilines is 1. The Hall–Kier alpha value is -3.53. The van der Waals surface area contributed by atoms with Crippen LogP contribution in [0, 0.1) is 17.2 Å². The van der Waals surface area contributed by atoms with Crippen molar-refractivity contribution >= 4 is 17.5 Å². The smallest absolute Gasteiger partial charge is 0.260 e. The Kier molecular flexibility index (Phi) is 7.46. The monoisotopic (exact) mass is 446 g/mol. The van der Waals surface area contributed by atoms with E-state index in [2.05, 4.69) is 16.3 Å². The number of nitrogens with one attached hydrogen (secondary N) is 1. The molecule has 0 spiro atoms. The number of ether oxygens (including phenoxy) is 1. The van der Waals surface area contributed by atoms with E-state index in [1.165, 1.54) is 0 Å². The lowest BCUT2D eigenvalue weighted by atomic mass is 9.94. The number of hydrogen-bond donors (Lipinski definition) is 1. The number of para-hydroxylation sites is 1. The van der Waals surface area contributed by atoms with Gasteiger partial charge in [0.15, 0.2) is 6.61 Å². The third kappa shape index (κ3) is 6.04. The molecule has 2 aromatic carbocycles. The van der Waals surface area contributed by atoms with E-state index in [-0.39, 0.29) is 30.4 Å². The van der Waals surface area contributed by atoms with Gasteiger partial charge in [0.2, 0.25) is 5.91 Å². The van der Waals surface area contributed by atoms with Crippen molar-refractivity contribution in [1.29, 1.82) is 5.26 Å². The first-order valence-electron chi connectivity index (χ1n) is 11.6. The Balaban J connectivity index is 1.16. The Morgan fingerprint density at radius 3 is 2.24 bits per heavy atom. The summed E-state index contributed by atoms with van der Waals surface area (Å²) in [6.07, 6.45) is 3.18. The van der Waals surface area contributed by atoms with Crippen molar-refractivity contribution in [3.8, 4) is 11.8 Å². The molecule has 7 heteroatoms. The van der Waals surface area contributed by atoms with Crippen molar-refractivity contribution in [3.63, 3.8) is 0 Å². The Morgan fingerprint density at radius 2 is 1.61 bits per heavy atom. The van der Waals surface area contributed by atoms with Gasteiger partial charge in [0, 0.05) is 43.8 Å². The van der Waals surface area contributed by atoms with Crippen LogP contribution < -0.4 is 15.0 Å². The number of benzene rings is 2. The third-order valence-corrected chi connectivity index (χ3v) is 6.53. The second-order valence-electron chi connectivity index (χ2n) is 8.69. The van der Waals surface area contributed by atoms with Gasteiger partial charge in [0.05, 0.1) is 11.6 Å². The highest BCUT2D eigenvalue weighted by Gasteiger charge is 2.29. The van der Waals surface area contributed by atoms with E-state index in [1.54, 1.807) is 4.90 Å². The van der Waals surface area contributed by atoms with Crippen molar-refractivity contribution in [2.75, 3.05) is 37.7 Å². The SMILES string of the molecule is N#Cc1ccc(N2CCC(NC(=O)C3CCN(C(=O)COc4ccccc4)CC3)CC2)cc1. The van der Waals surface area contributed by atoms with Gasteiger partial charge >= 0.3 is 0 Å². The van der Waals surface area contributed by atoms with Gasteiger partial charge in [-0.1, -0.05) is 18.2 Å². The molecule has 0 radical (unpaired) electrons. The number of rotatable bonds is 6. The number of amides is 2. The summed E-state index contributed by atoms with van der Waals surface area (Å²) in [4.78, 5) is 29.3. The second-order valence-corrected chi connectivity index (χ2v) is 8.69. The number of carbonyl (C=O) groups is 2. The molecule has 2 aromatic rings. The standard InChI is InChI=1S/C26H30N4O3/c27-18-20-6-8-23(9-7-20)29-16-12-22(13-17-29)28-26(32)21-10-14-30(15-11-21)25(31)19-33-24-4-2-1-3-5-24/h1-9,21-22H,10-17,19H2,(H,28,32). The molecule has 7 nitrogen and oxygen atoms in total. The Morgan fingerprint density at radius 1 is 0.939 bits per heavy atom. The van der Waals surface area contributed by atoms with Gasteiger partial charge in [-0.05, 0) is 62.1 Å². The molecule has 0 bridgehead atoms. The molecular weight excluding hydrogens is 416 g/mol. The summed E-state index contributed by atoms with van der Waals surface area (Å²) >= 11 is 0. The van der Waals surface area contributed by atoms with Gasteiger partial charge in [-0.2, -0.15) is 5.26 Å². The first kappa shape index (κ1) is 22.7. The van der Waals surface area contributed by atoms with Gasteiger partial charge in [0.25, 0.3) is 5.91 Å². The number of carbonyl (C=O) groups excluding carboxylic acids is 2. The summed E-state index contributed by atoms with van der Waals surface area (Å²) in [5, 5.41) is 12.2. The molecular formula is C26H30N4O3. The molecule has 2 amide bonds. The normalized spacial score (nSPS) is 17.3. The first-order valence-corrected chi connectivity index (χ1v) is 11.6. The van der Waals surface area contributed by atoms with Crippen molar-refractivity contribution < 1.29 is 14.3 Å². The van der Waals surface area contributed by atoms with Gasteiger partial charge < -0.3 is 19.9 Å². The average molecular weight is 447 g/mol. The molecule has 2 aliphatic heterocycles. The molecule has 0 aromatic heterocycles. The van der Waals surface area contributed by atoms with E-state index >= 15 is 0 Å². The molecule has 0 unspecified atom stereocenters. The summed E-state index contributed by atoms with van der Waals surface area (Å²) in [7, 11) is 0. The largest absolute Gasteiger partial charge is 0.484 e. The lowest BCUT2D eigenvalue weighted by Crippen LogP contribution is -2.49. The second kappa shape index (κ2) is 10.9. The molecule has 2 aliphatic rings. The third-order valence-electron chi connectivity index (χ3n) is 6.53. The number of piperidine rings is 2. The summed E-state index contributed by atoms with van der Waals surface area (Å²) in [5.74, 6) is 0.721. The van der Waals surface area contributed by atoms with Crippen LogP contribution in [-0.2, 0) is 9.59 Å². The fourth-order valence-electron chi connectivity index (χ4n) is 4.49. The van der Waals surface area contributed by atoms with Crippen LogP contribution in [0.5, 0.6) is 5.75 Å². The zero-order valence-electron chi connectivity index (χ0n) is 18.8. The molecule has 33 heavy (non-hydrogen) atoms. The van der Waals surface area contributed by atoms with E-state index in [4.69, 9.17) is 10.00 Å². The fraction of sp³-hybridized carbons (Fsp3) is 0.423. The van der Waals surface area contributed by atoms with E-state index in [9.17, 15) is 9.59 Å². The topological polar surface area (TPSA) is 85.7 Å². The minimum Gasteiger partial charge on any atom is -0.484 e. The number of nitriles is 1. The van der Waals surface area contributed by atoms with Crippen LogP contribution >= 0.6 is 0 Å². The summed E-state index contributed by atoms with van der Waals surface area (Å²) < 4.78 is 5.56. The van der Waals surface area contributed by atoms with Crippen molar-refractivity contribution in [2.24, 2.45) is 5.92 Å². The highest BCUT2D eigenvalue weighted by molar-refractivity contribution is 5.81. The van der Waals surface area contributed by atoms with E-state index in [0.717, 1.165) is 31.6 Å². The first-order chi connectivity index (χ1) is 16.1. The van der Waals surface area contributed by atoms with Crippen LogP contribution in [0.4, 0.5) is 5.69 Å². The van der Waals surface area contributed by atoms with Crippen LogP contribution in [0.3, 0.4) is 0 Å². The van der Waals surface area contributed by atoms with E-state index in [1.807, 2.05) is 54.6 Å². The molecule has 2 saturated heterocycles. The predicted octanol–water partition coefficient (Wildman–Crippen LogP) is 2.96. The highest BCUT2D eigenvalue weighted by Crippen LogP contribution is 2.22. The van der Waals surface area contributed by atoms with E-state index in [0.29, 0.717) is 37.2 Å². The van der Waals surface area contributed by atoms with Crippen molar-refractivity contribution in [1.82, 2.24) is 10.2 Å². The van der Waals surface area contributed by atoms with Crippen LogP contribution in [-0.4, -0.2) is 55.5 Å². The minimum atomic E-state index is -0.0411. The molecule has 0 saturated carbocycles. The number of nitrogens with zero attached hydrogens (tertiary/aromatic N) is 3. The van der Waals surface area contributed by atoms with Crippen molar-refractivity contribution in [3.05, 3.63) is 60.2 Å². The number of likely N-dealkylation sites (tertiary alicyclic amines) is 1. The molecule has 2 heterocycles. The van der Waals surface area contributed by atoms with Crippen LogP contribution in [0.25, 0.3) is 0 Å². The maximum absolute atomic E-state index is 12.8. The maximum atomic E-state index is 12.8. The maximum Gasteiger partial charge on any atom is 0.260 e. The lowest BCUT2D eigenvalue weighted by molar-refractivity contribution is -0.137. The quantitative estimate of drug-likeness (QED) is 0.737. The average Bonchev–Trinajstić information content (AvgIpc) is 2.88. The van der Waals surface area contributed by atoms with Crippen LogP contribution in [0.1, 0.15) is 31.2 Å². The van der Waals surface area contributed by atoms with Gasteiger partial charge in [0.1, 0.15) is 5.75 Å². The molecule has 4 rings (SSSR count). The van der Waals surface area contributed by atoms with Crippen molar-refractivity contribution in [2.45, 2.75) is 31.7 Å². The Bertz CT molecular complexity index is 971. The van der Waals surface area contributed by atoms with Crippen LogP contribution in [0.15, 0.2) is 54.6 Å². The summed E-state index contributed by atoms with van der Waals surface area (Å²) in [6.45, 7) is 2.97. The van der Waals surface area contributed by atoms with Gasteiger partial charge in [-0.3, -0.25) is 9.59 Å². The Labute approximate surface area is 194 Å². The molecule has 0 aliphatic carbocycles. The predicted molar refractivity (Wildman–Crippen MR) is 126 cm³/mol.